The Balaban J connectivity index is 1.97. The summed E-state index contributed by atoms with van der Waals surface area (Å²) in [5.74, 6) is 2.04. The fourth-order valence-corrected chi connectivity index (χ4v) is 3.89. The monoisotopic (exact) mass is 439 g/mol. The van der Waals surface area contributed by atoms with Crippen LogP contribution < -0.4 is 4.74 Å². The first-order valence-corrected chi connectivity index (χ1v) is 10.2. The van der Waals surface area contributed by atoms with E-state index >= 15 is 0 Å². The molecule has 2 aromatic carbocycles. The summed E-state index contributed by atoms with van der Waals surface area (Å²) >= 11 is 7.42. The number of rotatable bonds is 6. The SMILES string of the molecule is C#CCOc1ccc(/C=C2\SC(=Nc3ccccc3)C(C(=O)OCC)=C2O)cc1Cl. The van der Waals surface area contributed by atoms with Crippen molar-refractivity contribution in [3.8, 4) is 18.1 Å². The second kappa shape index (κ2) is 10.1. The molecule has 0 bridgehead atoms. The molecule has 7 heteroatoms. The maximum Gasteiger partial charge on any atom is 0.344 e. The smallest absolute Gasteiger partial charge is 0.344 e. The third-order valence-electron chi connectivity index (χ3n) is 3.92. The number of hydrogen-bond donors (Lipinski definition) is 1. The van der Waals surface area contributed by atoms with Crippen molar-refractivity contribution >= 4 is 46.1 Å². The van der Waals surface area contributed by atoms with Crippen molar-refractivity contribution in [1.82, 2.24) is 0 Å². The molecule has 0 fully saturated rings. The minimum atomic E-state index is -0.628. The van der Waals surface area contributed by atoms with Crippen LogP contribution in [0.25, 0.3) is 6.08 Å². The van der Waals surface area contributed by atoms with Gasteiger partial charge in [-0.05, 0) is 42.8 Å². The second-order valence-corrected chi connectivity index (χ2v) is 7.43. The van der Waals surface area contributed by atoms with Crippen molar-refractivity contribution in [1.29, 1.82) is 0 Å². The molecule has 0 unspecified atom stereocenters. The van der Waals surface area contributed by atoms with Gasteiger partial charge in [0.15, 0.2) is 0 Å². The fourth-order valence-electron chi connectivity index (χ4n) is 2.61. The highest BCUT2D eigenvalue weighted by Crippen LogP contribution is 2.40. The number of halogens is 1. The van der Waals surface area contributed by atoms with E-state index in [1.807, 2.05) is 30.3 Å². The Morgan fingerprint density at radius 3 is 2.73 bits per heavy atom. The van der Waals surface area contributed by atoms with Crippen molar-refractivity contribution in [3.63, 3.8) is 0 Å². The molecule has 1 aliphatic heterocycles. The Morgan fingerprint density at radius 2 is 2.07 bits per heavy atom. The van der Waals surface area contributed by atoms with Gasteiger partial charge in [-0.2, -0.15) is 0 Å². The Hall–Kier alpha value is -3.14. The lowest BCUT2D eigenvalue weighted by atomic mass is 10.1. The molecule has 0 amide bonds. The minimum Gasteiger partial charge on any atom is -0.506 e. The molecule has 0 saturated carbocycles. The van der Waals surface area contributed by atoms with Crippen molar-refractivity contribution in [2.75, 3.05) is 13.2 Å². The molecule has 0 aliphatic carbocycles. The Labute approximate surface area is 184 Å². The van der Waals surface area contributed by atoms with Crippen LogP contribution in [-0.2, 0) is 9.53 Å². The molecule has 1 aliphatic rings. The Bertz CT molecular complexity index is 1080. The summed E-state index contributed by atoms with van der Waals surface area (Å²) in [6.45, 7) is 2.00. The number of thioether (sulfide) groups is 1. The first kappa shape index (κ1) is 21.6. The Morgan fingerprint density at radius 1 is 1.30 bits per heavy atom. The standard InChI is InChI=1S/C23H18ClNO4S/c1-3-12-29-18-11-10-15(13-17(18)24)14-19-21(26)20(23(27)28-4-2)22(30-19)25-16-8-6-5-7-9-16/h1,5-11,13-14,26H,4,12H2,2H3/b19-14-,25-22?. The van der Waals surface area contributed by atoms with Gasteiger partial charge in [0.05, 0.1) is 22.2 Å². The zero-order valence-corrected chi connectivity index (χ0v) is 17.7. The number of hydrogen-bond acceptors (Lipinski definition) is 6. The topological polar surface area (TPSA) is 68.1 Å². The van der Waals surface area contributed by atoms with Crippen LogP contribution >= 0.6 is 23.4 Å². The van der Waals surface area contributed by atoms with E-state index in [1.165, 1.54) is 11.8 Å². The number of esters is 1. The van der Waals surface area contributed by atoms with E-state index in [9.17, 15) is 9.90 Å². The van der Waals surface area contributed by atoms with Gasteiger partial charge in [-0.3, -0.25) is 0 Å². The predicted molar refractivity (Wildman–Crippen MR) is 121 cm³/mol. The van der Waals surface area contributed by atoms with Crippen molar-refractivity contribution in [2.24, 2.45) is 4.99 Å². The summed E-state index contributed by atoms with van der Waals surface area (Å²) < 4.78 is 10.5. The minimum absolute atomic E-state index is 0.0389. The first-order chi connectivity index (χ1) is 14.5. The molecule has 1 heterocycles. The van der Waals surface area contributed by atoms with Gasteiger partial charge in [0.25, 0.3) is 0 Å². The number of nitrogens with zero attached hydrogens (tertiary/aromatic N) is 1. The van der Waals surface area contributed by atoms with E-state index in [-0.39, 0.29) is 24.5 Å². The van der Waals surface area contributed by atoms with E-state index in [2.05, 4.69) is 10.9 Å². The van der Waals surface area contributed by atoms with Gasteiger partial charge < -0.3 is 14.6 Å². The number of carbonyl (C=O) groups excluding carboxylic acids is 1. The molecular formula is C23H18ClNO4S. The van der Waals surface area contributed by atoms with Gasteiger partial charge in [0.1, 0.15) is 28.7 Å². The number of terminal acetylenes is 1. The lowest BCUT2D eigenvalue weighted by molar-refractivity contribution is -0.138. The van der Waals surface area contributed by atoms with E-state index in [4.69, 9.17) is 27.5 Å². The van der Waals surface area contributed by atoms with Crippen LogP contribution in [0.5, 0.6) is 5.75 Å². The molecule has 0 spiro atoms. The summed E-state index contributed by atoms with van der Waals surface area (Å²) in [4.78, 5) is 17.4. The average Bonchev–Trinajstić information content (AvgIpc) is 3.03. The average molecular weight is 440 g/mol. The van der Waals surface area contributed by atoms with E-state index in [0.29, 0.717) is 32.0 Å². The quantitative estimate of drug-likeness (QED) is 0.472. The molecule has 1 N–H and O–H groups in total. The summed E-state index contributed by atoms with van der Waals surface area (Å²) in [5.41, 5.74) is 1.41. The summed E-state index contributed by atoms with van der Waals surface area (Å²) in [6.07, 6.45) is 6.91. The number of benzene rings is 2. The number of ether oxygens (including phenoxy) is 2. The number of aliphatic hydroxyl groups is 1. The van der Waals surface area contributed by atoms with Crippen molar-refractivity contribution in [3.05, 3.63) is 75.4 Å². The molecule has 0 radical (unpaired) electrons. The van der Waals surface area contributed by atoms with Crippen LogP contribution in [0, 0.1) is 12.3 Å². The highest BCUT2D eigenvalue weighted by atomic mass is 35.5. The van der Waals surface area contributed by atoms with E-state index in [0.717, 1.165) is 0 Å². The number of aliphatic imine (C=N–C) groups is 1. The largest absolute Gasteiger partial charge is 0.506 e. The summed E-state index contributed by atoms with van der Waals surface area (Å²) in [7, 11) is 0. The number of carbonyl (C=O) groups is 1. The molecule has 0 atom stereocenters. The number of para-hydroxylation sites is 1. The van der Waals surface area contributed by atoms with E-state index in [1.54, 1.807) is 31.2 Å². The second-order valence-electron chi connectivity index (χ2n) is 5.99. The molecule has 2 aromatic rings. The highest BCUT2D eigenvalue weighted by molar-refractivity contribution is 8.18. The zero-order chi connectivity index (χ0) is 21.5. The molecular weight excluding hydrogens is 422 g/mol. The van der Waals surface area contributed by atoms with Crippen LogP contribution in [-0.4, -0.2) is 29.3 Å². The van der Waals surface area contributed by atoms with Crippen LogP contribution in [0.1, 0.15) is 12.5 Å². The molecule has 5 nitrogen and oxygen atoms in total. The van der Waals surface area contributed by atoms with Crippen LogP contribution in [0.15, 0.2) is 69.8 Å². The van der Waals surface area contributed by atoms with Gasteiger partial charge in [-0.1, -0.05) is 53.5 Å². The van der Waals surface area contributed by atoms with Gasteiger partial charge >= 0.3 is 5.97 Å². The number of aliphatic hydroxyl groups excluding tert-OH is 1. The first-order valence-electron chi connectivity index (χ1n) is 9.03. The third kappa shape index (κ3) is 5.07. The predicted octanol–water partition coefficient (Wildman–Crippen LogP) is 5.55. The van der Waals surface area contributed by atoms with Crippen molar-refractivity contribution < 1.29 is 19.4 Å². The molecule has 0 saturated heterocycles. The van der Waals surface area contributed by atoms with Gasteiger partial charge in [-0.25, -0.2) is 9.79 Å². The Kier molecular flexibility index (Phi) is 7.23. The molecule has 3 rings (SSSR count). The molecule has 0 aromatic heterocycles. The lowest BCUT2D eigenvalue weighted by Crippen LogP contribution is -2.12. The van der Waals surface area contributed by atoms with Crippen molar-refractivity contribution in [2.45, 2.75) is 6.92 Å². The molecule has 152 valence electrons. The maximum absolute atomic E-state index is 12.4. The maximum atomic E-state index is 12.4. The summed E-state index contributed by atoms with van der Waals surface area (Å²) in [6, 6.07) is 14.3. The highest BCUT2D eigenvalue weighted by Gasteiger charge is 2.33. The normalized spacial score (nSPS) is 16.0. The van der Waals surface area contributed by atoms with Crippen LogP contribution in [0.3, 0.4) is 0 Å². The molecule has 30 heavy (non-hydrogen) atoms. The fraction of sp³-hybridized carbons (Fsp3) is 0.130. The van der Waals surface area contributed by atoms with Gasteiger partial charge in [-0.15, -0.1) is 6.42 Å². The lowest BCUT2D eigenvalue weighted by Gasteiger charge is -2.06. The van der Waals surface area contributed by atoms with Gasteiger partial charge in [0, 0.05) is 0 Å². The summed E-state index contributed by atoms with van der Waals surface area (Å²) in [5, 5.41) is 11.5. The van der Waals surface area contributed by atoms with Gasteiger partial charge in [0.2, 0.25) is 0 Å². The van der Waals surface area contributed by atoms with Crippen LogP contribution in [0.4, 0.5) is 5.69 Å². The third-order valence-corrected chi connectivity index (χ3v) is 5.24. The zero-order valence-electron chi connectivity index (χ0n) is 16.1. The van der Waals surface area contributed by atoms with E-state index < -0.39 is 5.97 Å². The van der Waals surface area contributed by atoms with Crippen LogP contribution in [0.2, 0.25) is 5.02 Å².